The van der Waals surface area contributed by atoms with Gasteiger partial charge in [-0.25, -0.2) is 4.79 Å². The lowest BCUT2D eigenvalue weighted by molar-refractivity contribution is 0.0690. The minimum Gasteiger partial charge on any atom is -0.477 e. The van der Waals surface area contributed by atoms with E-state index in [0.717, 1.165) is 5.56 Å². The summed E-state index contributed by atoms with van der Waals surface area (Å²) >= 11 is 1.57. The largest absolute Gasteiger partial charge is 0.477 e. The van der Waals surface area contributed by atoms with Gasteiger partial charge in [0, 0.05) is 5.69 Å². The highest BCUT2D eigenvalue weighted by atomic mass is 32.1. The summed E-state index contributed by atoms with van der Waals surface area (Å²) in [6.07, 6.45) is 0. The predicted molar refractivity (Wildman–Crippen MR) is 77.4 cm³/mol. The van der Waals surface area contributed by atoms with Crippen LogP contribution in [0.5, 0.6) is 0 Å². The van der Waals surface area contributed by atoms with Gasteiger partial charge in [-0.15, -0.1) is 0 Å². The number of H-pyrrole nitrogens is 1. The number of nitrogens with one attached hydrogen (secondary N) is 2. The molecule has 20 heavy (non-hydrogen) atoms. The summed E-state index contributed by atoms with van der Waals surface area (Å²) in [7, 11) is 0. The van der Waals surface area contributed by atoms with Crippen LogP contribution in [0.25, 0.3) is 0 Å². The Morgan fingerprint density at radius 2 is 2.10 bits per heavy atom. The quantitative estimate of drug-likeness (QED) is 0.810. The molecule has 0 fully saturated rings. The van der Waals surface area contributed by atoms with Crippen LogP contribution < -0.4 is 5.32 Å². The number of amides is 1. The van der Waals surface area contributed by atoms with E-state index < -0.39 is 5.97 Å². The molecule has 2 rings (SSSR count). The number of hydrogen-bond acceptors (Lipinski definition) is 3. The summed E-state index contributed by atoms with van der Waals surface area (Å²) in [4.78, 5) is 26.1. The second kappa shape index (κ2) is 5.50. The molecule has 0 bridgehead atoms. The maximum atomic E-state index is 12.3. The van der Waals surface area contributed by atoms with Crippen LogP contribution in [0, 0.1) is 13.8 Å². The number of hydrogen-bond donors (Lipinski definition) is 3. The SMILES string of the molecule is Cc1[nH]c(C(=O)O)c(C)c1C(=O)NC(C)c1ccsc1. The molecule has 3 N–H and O–H groups in total. The highest BCUT2D eigenvalue weighted by Crippen LogP contribution is 2.20. The fourth-order valence-electron chi connectivity index (χ4n) is 2.18. The van der Waals surface area contributed by atoms with Crippen LogP contribution in [0.1, 0.15) is 50.6 Å². The maximum absolute atomic E-state index is 12.3. The summed E-state index contributed by atoms with van der Waals surface area (Å²) in [5.41, 5.74) is 2.54. The molecular weight excluding hydrogens is 276 g/mol. The monoisotopic (exact) mass is 292 g/mol. The van der Waals surface area contributed by atoms with E-state index in [-0.39, 0.29) is 17.6 Å². The topological polar surface area (TPSA) is 82.2 Å². The Bertz CT molecular complexity index is 644. The van der Waals surface area contributed by atoms with Crippen LogP contribution in [-0.2, 0) is 0 Å². The molecule has 5 nitrogen and oxygen atoms in total. The van der Waals surface area contributed by atoms with Crippen LogP contribution in [0.3, 0.4) is 0 Å². The van der Waals surface area contributed by atoms with Crippen molar-refractivity contribution < 1.29 is 14.7 Å². The molecular formula is C14H16N2O3S. The predicted octanol–water partition coefficient (Wildman–Crippen LogP) is 2.88. The first-order valence-electron chi connectivity index (χ1n) is 6.17. The Morgan fingerprint density at radius 1 is 1.40 bits per heavy atom. The number of rotatable bonds is 4. The standard InChI is InChI=1S/C14H16N2O3S/c1-7-11(9(3)15-12(7)14(18)19)13(17)16-8(2)10-4-5-20-6-10/h4-6,8,15H,1-3H3,(H,16,17)(H,18,19). The Labute approximate surface area is 120 Å². The van der Waals surface area contributed by atoms with E-state index in [2.05, 4.69) is 10.3 Å². The van der Waals surface area contributed by atoms with E-state index in [0.29, 0.717) is 16.8 Å². The van der Waals surface area contributed by atoms with Gasteiger partial charge < -0.3 is 15.4 Å². The van der Waals surface area contributed by atoms with Crippen molar-refractivity contribution in [2.45, 2.75) is 26.8 Å². The minimum absolute atomic E-state index is 0.0656. The molecule has 1 amide bonds. The van der Waals surface area contributed by atoms with Gasteiger partial charge in [0.05, 0.1) is 11.6 Å². The molecule has 106 valence electrons. The van der Waals surface area contributed by atoms with Crippen molar-refractivity contribution in [2.24, 2.45) is 0 Å². The first kappa shape index (κ1) is 14.3. The summed E-state index contributed by atoms with van der Waals surface area (Å²) < 4.78 is 0. The number of carbonyl (C=O) groups excluding carboxylic acids is 1. The lowest BCUT2D eigenvalue weighted by atomic mass is 10.1. The van der Waals surface area contributed by atoms with Crippen LogP contribution in [-0.4, -0.2) is 22.0 Å². The number of carbonyl (C=O) groups is 2. The molecule has 2 aromatic rings. The van der Waals surface area contributed by atoms with Crippen molar-refractivity contribution in [1.29, 1.82) is 0 Å². The average molecular weight is 292 g/mol. The molecule has 1 atom stereocenters. The summed E-state index contributed by atoms with van der Waals surface area (Å²) in [6.45, 7) is 5.23. The average Bonchev–Trinajstić information content (AvgIpc) is 2.97. The molecule has 0 aliphatic carbocycles. The number of aromatic carboxylic acids is 1. The molecule has 0 aliphatic rings. The number of carboxylic acids is 1. The molecule has 0 aromatic carbocycles. The first-order chi connectivity index (χ1) is 9.41. The first-order valence-corrected chi connectivity index (χ1v) is 7.11. The van der Waals surface area contributed by atoms with E-state index >= 15 is 0 Å². The molecule has 0 aliphatic heterocycles. The van der Waals surface area contributed by atoms with Crippen molar-refractivity contribution in [2.75, 3.05) is 0 Å². The zero-order valence-electron chi connectivity index (χ0n) is 11.5. The summed E-state index contributed by atoms with van der Waals surface area (Å²) in [6, 6.07) is 1.84. The Balaban J connectivity index is 2.24. The third kappa shape index (κ3) is 2.60. The second-order valence-corrected chi connectivity index (χ2v) is 5.46. The molecule has 0 saturated carbocycles. The fraction of sp³-hybridized carbons (Fsp3) is 0.286. The zero-order chi connectivity index (χ0) is 14.9. The van der Waals surface area contributed by atoms with E-state index in [1.54, 1.807) is 25.2 Å². The molecule has 2 heterocycles. The van der Waals surface area contributed by atoms with Crippen LogP contribution >= 0.6 is 11.3 Å². The van der Waals surface area contributed by atoms with Crippen molar-refractivity contribution >= 4 is 23.2 Å². The van der Waals surface area contributed by atoms with Crippen LogP contribution in [0.4, 0.5) is 0 Å². The third-order valence-corrected chi connectivity index (χ3v) is 3.97. The zero-order valence-corrected chi connectivity index (χ0v) is 12.3. The van der Waals surface area contributed by atoms with Gasteiger partial charge in [0.2, 0.25) is 0 Å². The molecule has 6 heteroatoms. The smallest absolute Gasteiger partial charge is 0.352 e. The molecule has 0 spiro atoms. The third-order valence-electron chi connectivity index (χ3n) is 3.27. The normalized spacial score (nSPS) is 12.2. The minimum atomic E-state index is -1.06. The molecule has 2 aromatic heterocycles. The van der Waals surface area contributed by atoms with Crippen molar-refractivity contribution in [3.05, 3.63) is 44.9 Å². The Kier molecular flexibility index (Phi) is 3.94. The van der Waals surface area contributed by atoms with E-state index in [1.807, 2.05) is 23.8 Å². The molecule has 0 radical (unpaired) electrons. The van der Waals surface area contributed by atoms with Gasteiger partial charge >= 0.3 is 5.97 Å². The van der Waals surface area contributed by atoms with Gasteiger partial charge in [-0.05, 0) is 48.7 Å². The number of aryl methyl sites for hydroxylation is 1. The van der Waals surface area contributed by atoms with E-state index in [4.69, 9.17) is 5.11 Å². The Morgan fingerprint density at radius 3 is 2.60 bits per heavy atom. The summed E-state index contributed by atoms with van der Waals surface area (Å²) in [5.74, 6) is -1.32. The number of aromatic nitrogens is 1. The van der Waals surface area contributed by atoms with E-state index in [1.165, 1.54) is 0 Å². The van der Waals surface area contributed by atoms with Gasteiger partial charge in [0.1, 0.15) is 5.69 Å². The number of carboxylic acid groups (broad SMARTS) is 1. The van der Waals surface area contributed by atoms with E-state index in [9.17, 15) is 9.59 Å². The fourth-order valence-corrected chi connectivity index (χ4v) is 2.93. The highest BCUT2D eigenvalue weighted by Gasteiger charge is 2.22. The van der Waals surface area contributed by atoms with Crippen LogP contribution in [0.2, 0.25) is 0 Å². The van der Waals surface area contributed by atoms with Crippen molar-refractivity contribution in [3.63, 3.8) is 0 Å². The summed E-state index contributed by atoms with van der Waals surface area (Å²) in [5, 5.41) is 15.9. The van der Waals surface area contributed by atoms with Crippen molar-refractivity contribution in [1.82, 2.24) is 10.3 Å². The van der Waals surface area contributed by atoms with Gasteiger partial charge in [-0.3, -0.25) is 4.79 Å². The second-order valence-electron chi connectivity index (χ2n) is 4.68. The Hall–Kier alpha value is -2.08. The molecule has 0 saturated heterocycles. The number of aromatic amines is 1. The van der Waals surface area contributed by atoms with Gasteiger partial charge in [0.25, 0.3) is 5.91 Å². The van der Waals surface area contributed by atoms with Gasteiger partial charge in [-0.1, -0.05) is 0 Å². The van der Waals surface area contributed by atoms with Crippen LogP contribution in [0.15, 0.2) is 16.8 Å². The van der Waals surface area contributed by atoms with Gasteiger partial charge in [0.15, 0.2) is 0 Å². The van der Waals surface area contributed by atoms with Gasteiger partial charge in [-0.2, -0.15) is 11.3 Å². The molecule has 1 unspecified atom stereocenters. The maximum Gasteiger partial charge on any atom is 0.352 e. The lowest BCUT2D eigenvalue weighted by Crippen LogP contribution is -2.27. The lowest BCUT2D eigenvalue weighted by Gasteiger charge is -2.13. The van der Waals surface area contributed by atoms with Crippen molar-refractivity contribution in [3.8, 4) is 0 Å². The highest BCUT2D eigenvalue weighted by molar-refractivity contribution is 7.07. The number of thiophene rings is 1.